The summed E-state index contributed by atoms with van der Waals surface area (Å²) in [7, 11) is 0. The molecular formula is C20H25N3O4S. The van der Waals surface area contributed by atoms with Gasteiger partial charge < -0.3 is 24.2 Å². The van der Waals surface area contributed by atoms with Crippen LogP contribution in [0.3, 0.4) is 0 Å². The van der Waals surface area contributed by atoms with Gasteiger partial charge in [-0.05, 0) is 36.8 Å². The fourth-order valence-electron chi connectivity index (χ4n) is 4.39. The number of hydrogen-bond acceptors (Lipinski definition) is 8. The Hall–Kier alpha value is -2.06. The number of aliphatic hydroxyl groups excluding tert-OH is 1. The minimum Gasteiger partial charge on any atom is -0.488 e. The molecular weight excluding hydrogens is 378 g/mol. The average Bonchev–Trinajstić information content (AvgIpc) is 3.40. The van der Waals surface area contributed by atoms with Crippen LogP contribution in [0, 0.1) is 11.8 Å². The van der Waals surface area contributed by atoms with E-state index < -0.39 is 6.10 Å². The number of ether oxygens (including phenoxy) is 3. The van der Waals surface area contributed by atoms with Crippen molar-refractivity contribution in [1.29, 1.82) is 0 Å². The van der Waals surface area contributed by atoms with Crippen molar-refractivity contribution in [3.8, 4) is 17.2 Å². The van der Waals surface area contributed by atoms with Gasteiger partial charge >= 0.3 is 0 Å². The molecule has 0 amide bonds. The van der Waals surface area contributed by atoms with Crippen LogP contribution in [-0.2, 0) is 0 Å². The van der Waals surface area contributed by atoms with Gasteiger partial charge in [0, 0.05) is 25.1 Å². The van der Waals surface area contributed by atoms with Crippen molar-refractivity contribution >= 4 is 16.5 Å². The molecule has 0 bridgehead atoms. The zero-order valence-corrected chi connectivity index (χ0v) is 16.9. The highest BCUT2D eigenvalue weighted by molar-refractivity contribution is 7.15. The molecule has 2 fully saturated rings. The van der Waals surface area contributed by atoms with Crippen LogP contribution in [-0.4, -0.2) is 47.4 Å². The molecule has 1 aromatic heterocycles. The Bertz CT molecular complexity index is 858. The van der Waals surface area contributed by atoms with Gasteiger partial charge in [0.25, 0.3) is 0 Å². The van der Waals surface area contributed by atoms with Gasteiger partial charge in [0.2, 0.25) is 11.9 Å². The van der Waals surface area contributed by atoms with E-state index in [1.165, 1.54) is 0 Å². The Morgan fingerprint density at radius 2 is 1.93 bits per heavy atom. The van der Waals surface area contributed by atoms with Crippen LogP contribution >= 0.6 is 11.3 Å². The molecule has 0 radical (unpaired) electrons. The van der Waals surface area contributed by atoms with E-state index >= 15 is 0 Å². The molecule has 7 nitrogen and oxygen atoms in total. The number of nitrogens with zero attached hydrogens (tertiary/aromatic N) is 3. The average molecular weight is 404 g/mol. The third kappa shape index (κ3) is 3.28. The van der Waals surface area contributed by atoms with Gasteiger partial charge in [0.1, 0.15) is 16.9 Å². The van der Waals surface area contributed by atoms with Gasteiger partial charge in [-0.3, -0.25) is 0 Å². The molecule has 2 aliphatic heterocycles. The first kappa shape index (κ1) is 18.0. The summed E-state index contributed by atoms with van der Waals surface area (Å²) in [5.41, 5.74) is 0. The lowest BCUT2D eigenvalue weighted by molar-refractivity contribution is -0.0232. The maximum absolute atomic E-state index is 10.7. The summed E-state index contributed by atoms with van der Waals surface area (Å²) in [6, 6.07) is 5.58. The van der Waals surface area contributed by atoms with Gasteiger partial charge in [0.15, 0.2) is 11.5 Å². The Balaban J connectivity index is 1.26. The Morgan fingerprint density at radius 1 is 1.14 bits per heavy atom. The number of benzene rings is 1. The zero-order chi connectivity index (χ0) is 19.3. The van der Waals surface area contributed by atoms with E-state index in [0.29, 0.717) is 29.3 Å². The zero-order valence-electron chi connectivity index (χ0n) is 16.1. The minimum absolute atomic E-state index is 0.206. The van der Waals surface area contributed by atoms with Crippen LogP contribution in [0.15, 0.2) is 18.2 Å². The van der Waals surface area contributed by atoms with E-state index in [1.807, 2.05) is 18.2 Å². The third-order valence-corrected chi connectivity index (χ3v) is 7.20. The maximum atomic E-state index is 10.7. The highest BCUT2D eigenvalue weighted by Crippen LogP contribution is 2.41. The van der Waals surface area contributed by atoms with E-state index in [1.54, 1.807) is 11.3 Å². The van der Waals surface area contributed by atoms with E-state index in [2.05, 4.69) is 28.9 Å². The first-order chi connectivity index (χ1) is 13.6. The summed E-state index contributed by atoms with van der Waals surface area (Å²) in [5, 5.41) is 21.5. The maximum Gasteiger partial charge on any atom is 0.231 e. The molecule has 28 heavy (non-hydrogen) atoms. The molecule has 5 rings (SSSR count). The number of fused-ring (bicyclic) bond motifs is 2. The summed E-state index contributed by atoms with van der Waals surface area (Å²) >= 11 is 1.68. The van der Waals surface area contributed by atoms with E-state index in [0.717, 1.165) is 41.8 Å². The molecule has 3 heterocycles. The number of aromatic nitrogens is 2. The van der Waals surface area contributed by atoms with Gasteiger partial charge in [-0.1, -0.05) is 25.2 Å². The van der Waals surface area contributed by atoms with Crippen molar-refractivity contribution in [3.63, 3.8) is 0 Å². The summed E-state index contributed by atoms with van der Waals surface area (Å²) in [4.78, 5) is 2.33. The highest BCUT2D eigenvalue weighted by atomic mass is 32.1. The van der Waals surface area contributed by atoms with Gasteiger partial charge in [-0.15, -0.1) is 10.2 Å². The predicted molar refractivity (Wildman–Crippen MR) is 105 cm³/mol. The molecule has 150 valence electrons. The molecule has 8 heteroatoms. The van der Waals surface area contributed by atoms with Crippen LogP contribution in [0.2, 0.25) is 0 Å². The van der Waals surface area contributed by atoms with Gasteiger partial charge in [0.05, 0.1) is 6.10 Å². The lowest BCUT2D eigenvalue weighted by atomic mass is 9.78. The monoisotopic (exact) mass is 403 g/mol. The summed E-state index contributed by atoms with van der Waals surface area (Å²) in [5.74, 6) is 3.52. The summed E-state index contributed by atoms with van der Waals surface area (Å²) < 4.78 is 16.9. The minimum atomic E-state index is -0.465. The molecule has 1 aromatic carbocycles. The lowest BCUT2D eigenvalue weighted by Gasteiger charge is -2.35. The van der Waals surface area contributed by atoms with Crippen LogP contribution < -0.4 is 19.1 Å². The van der Waals surface area contributed by atoms with Crippen molar-refractivity contribution in [2.24, 2.45) is 11.8 Å². The van der Waals surface area contributed by atoms with Crippen molar-refractivity contribution in [2.45, 2.75) is 44.8 Å². The third-order valence-electron chi connectivity index (χ3n) is 5.91. The highest BCUT2D eigenvalue weighted by Gasteiger charge is 2.43. The van der Waals surface area contributed by atoms with Crippen LogP contribution in [0.1, 0.15) is 37.6 Å². The number of hydrogen-bond donors (Lipinski definition) is 1. The number of rotatable bonds is 4. The molecule has 3 aliphatic rings. The standard InChI is InChI=1S/C20H25N3O4S/c1-11(2)19-21-22-20(28-19)23-8-12-5-15(24)17(6-13(12)9-23)27-14-3-4-16-18(7-14)26-10-25-16/h3-4,7,11-13,15,17,24H,5-6,8-10H2,1-2H3/t12-,13+,15+,17+/m0/s1. The van der Waals surface area contributed by atoms with Crippen molar-refractivity contribution in [1.82, 2.24) is 10.2 Å². The molecule has 4 atom stereocenters. The molecule has 0 spiro atoms. The van der Waals surface area contributed by atoms with Crippen molar-refractivity contribution in [2.75, 3.05) is 24.8 Å². The molecule has 0 unspecified atom stereocenters. The Morgan fingerprint density at radius 3 is 2.71 bits per heavy atom. The first-order valence-corrected chi connectivity index (χ1v) is 10.7. The molecule has 1 N–H and O–H groups in total. The Labute approximate surface area is 168 Å². The summed E-state index contributed by atoms with van der Waals surface area (Å²) in [6.45, 7) is 6.41. The molecule has 2 aromatic rings. The number of aliphatic hydroxyl groups is 1. The molecule has 1 aliphatic carbocycles. The Kier molecular flexibility index (Phi) is 4.55. The van der Waals surface area contributed by atoms with E-state index in [-0.39, 0.29) is 12.9 Å². The molecule has 1 saturated carbocycles. The van der Waals surface area contributed by atoms with Crippen LogP contribution in [0.25, 0.3) is 0 Å². The first-order valence-electron chi connectivity index (χ1n) is 9.89. The molecule has 1 saturated heterocycles. The van der Waals surface area contributed by atoms with Gasteiger partial charge in [-0.2, -0.15) is 0 Å². The van der Waals surface area contributed by atoms with E-state index in [9.17, 15) is 5.11 Å². The van der Waals surface area contributed by atoms with E-state index in [4.69, 9.17) is 14.2 Å². The van der Waals surface area contributed by atoms with Crippen molar-refractivity contribution in [3.05, 3.63) is 23.2 Å². The van der Waals surface area contributed by atoms with Gasteiger partial charge in [-0.25, -0.2) is 0 Å². The second-order valence-corrected chi connectivity index (χ2v) is 9.20. The normalized spacial score (nSPS) is 28.6. The fraction of sp³-hybridized carbons (Fsp3) is 0.600. The second-order valence-electron chi connectivity index (χ2n) is 8.21. The topological polar surface area (TPSA) is 76.9 Å². The SMILES string of the molecule is CC(C)c1nnc(N2C[C@H]3C[C@@H](Oc4ccc5c(c4)OCO5)[C@H](O)C[C@H]3C2)s1. The van der Waals surface area contributed by atoms with Crippen LogP contribution in [0.5, 0.6) is 17.2 Å². The smallest absolute Gasteiger partial charge is 0.231 e. The second kappa shape index (κ2) is 7.08. The summed E-state index contributed by atoms with van der Waals surface area (Å²) in [6.07, 6.45) is 0.924. The number of anilines is 1. The van der Waals surface area contributed by atoms with Crippen LogP contribution in [0.4, 0.5) is 5.13 Å². The van der Waals surface area contributed by atoms with Crippen molar-refractivity contribution < 1.29 is 19.3 Å². The fourth-order valence-corrected chi connectivity index (χ4v) is 5.25. The predicted octanol–water partition coefficient (Wildman–Crippen LogP) is 3.04. The largest absolute Gasteiger partial charge is 0.488 e. The lowest BCUT2D eigenvalue weighted by Crippen LogP contribution is -2.42. The quantitative estimate of drug-likeness (QED) is 0.841.